The first-order valence-corrected chi connectivity index (χ1v) is 19.6. The van der Waals surface area contributed by atoms with Crippen LogP contribution in [0.15, 0.2) is 30.0 Å². The minimum absolute atomic E-state index is 0.0326. The number of carbonyl (C=O) groups excluding carboxylic acids is 3. The number of ether oxygens (including phenoxy) is 1. The van der Waals surface area contributed by atoms with Gasteiger partial charge in [0.1, 0.15) is 0 Å². The van der Waals surface area contributed by atoms with E-state index in [9.17, 15) is 14.4 Å². The van der Waals surface area contributed by atoms with Crippen molar-refractivity contribution in [3.05, 3.63) is 35.5 Å². The molecule has 0 saturated heterocycles. The fourth-order valence-corrected chi connectivity index (χ4v) is 4.68. The van der Waals surface area contributed by atoms with Crippen molar-refractivity contribution in [3.63, 3.8) is 0 Å². The summed E-state index contributed by atoms with van der Waals surface area (Å²) < 4.78 is 5.95. The highest BCUT2D eigenvalue weighted by atomic mass is 16.5. The molecule has 15 heteroatoms. The zero-order valence-corrected chi connectivity index (χ0v) is 35.0. The average molecular weight is 767 g/mol. The Morgan fingerprint density at radius 1 is 0.889 bits per heavy atom. The standard InChI is InChI=1S/C31H57N7O3.C6H15N3O2.C2H6/c1-6-38(21-19-36-28(39)13-16-31(4,5)41-22-15-24(2)3)20-14-29(40)35-17-9-10-18-37-30(27(34)23-32)25-11-7-8-12-26(25)33;1-6(2,7)9-5(11)8-3-4-10;1-2/h7-8,11-12,24,37H,6,9-10,13-23,32-34H2,1-5H3,(H,35,40)(H,36,39);10H,3-4,7H2,1-2H3,(H2,8,9,11);1-2H3/b30-27-;;. The number of aliphatic hydroxyl groups is 1. The van der Waals surface area contributed by atoms with Crippen molar-refractivity contribution in [1.82, 2.24) is 31.5 Å². The molecular weight excluding hydrogens is 688 g/mol. The van der Waals surface area contributed by atoms with Crippen LogP contribution in [0.3, 0.4) is 0 Å². The summed E-state index contributed by atoms with van der Waals surface area (Å²) in [6.45, 7) is 23.0. The highest BCUT2D eigenvalue weighted by Crippen LogP contribution is 2.20. The van der Waals surface area contributed by atoms with E-state index in [1.807, 2.05) is 52.0 Å². The third-order valence-electron chi connectivity index (χ3n) is 7.83. The third-order valence-corrected chi connectivity index (χ3v) is 7.83. The van der Waals surface area contributed by atoms with E-state index in [1.54, 1.807) is 13.8 Å². The maximum absolute atomic E-state index is 12.3. The molecule has 14 N–H and O–H groups in total. The lowest BCUT2D eigenvalue weighted by atomic mass is 10.0. The van der Waals surface area contributed by atoms with Crippen LogP contribution < -0.4 is 49.5 Å². The number of hydrogen-bond donors (Lipinski definition) is 10. The van der Waals surface area contributed by atoms with Crippen LogP contribution in [0.2, 0.25) is 0 Å². The van der Waals surface area contributed by atoms with Gasteiger partial charge in [-0.15, -0.1) is 0 Å². The summed E-state index contributed by atoms with van der Waals surface area (Å²) in [5, 5.41) is 22.6. The summed E-state index contributed by atoms with van der Waals surface area (Å²) >= 11 is 0. The molecule has 0 aliphatic rings. The quantitative estimate of drug-likeness (QED) is 0.0394. The van der Waals surface area contributed by atoms with Gasteiger partial charge < -0.3 is 64.3 Å². The van der Waals surface area contributed by atoms with Crippen LogP contribution in [0.4, 0.5) is 10.5 Å². The fourth-order valence-electron chi connectivity index (χ4n) is 4.68. The van der Waals surface area contributed by atoms with Gasteiger partial charge in [-0.05, 0) is 71.9 Å². The van der Waals surface area contributed by atoms with E-state index >= 15 is 0 Å². The normalized spacial score (nSPS) is 11.7. The van der Waals surface area contributed by atoms with E-state index in [-0.39, 0.29) is 43.1 Å². The number of nitrogen functional groups attached to an aromatic ring is 1. The Morgan fingerprint density at radius 3 is 2.04 bits per heavy atom. The molecule has 0 bridgehead atoms. The summed E-state index contributed by atoms with van der Waals surface area (Å²) in [7, 11) is 0. The van der Waals surface area contributed by atoms with Crippen molar-refractivity contribution in [2.45, 2.75) is 112 Å². The SMILES string of the molecule is CC.CC(C)(N)NC(=O)NCCO.CCN(CCNC(=O)CCC(C)(C)OCCC(C)C)CCC(=O)NCCCCN/C(=C(\N)CN)c1ccccc1N. The van der Waals surface area contributed by atoms with E-state index in [2.05, 4.69) is 52.3 Å². The molecule has 0 atom stereocenters. The molecule has 314 valence electrons. The van der Waals surface area contributed by atoms with Crippen molar-refractivity contribution in [3.8, 4) is 0 Å². The van der Waals surface area contributed by atoms with Crippen LogP contribution in [-0.4, -0.2) is 105 Å². The van der Waals surface area contributed by atoms with Crippen LogP contribution in [-0.2, 0) is 14.3 Å². The van der Waals surface area contributed by atoms with Crippen molar-refractivity contribution in [1.29, 1.82) is 0 Å². The van der Waals surface area contributed by atoms with Gasteiger partial charge in [0.25, 0.3) is 0 Å². The molecule has 0 aliphatic heterocycles. The fraction of sp³-hybridized carbons (Fsp3) is 0.718. The number of carbonyl (C=O) groups is 3. The smallest absolute Gasteiger partial charge is 0.316 e. The first kappa shape index (κ1) is 52.5. The molecule has 4 amide bonds. The number of unbranched alkanes of at least 4 members (excludes halogenated alkanes) is 1. The molecule has 1 aromatic rings. The highest BCUT2D eigenvalue weighted by molar-refractivity contribution is 5.77. The Hall–Kier alpha value is -3.63. The van der Waals surface area contributed by atoms with E-state index in [0.29, 0.717) is 69.3 Å². The minimum Gasteiger partial charge on any atom is -0.399 e. The maximum Gasteiger partial charge on any atom is 0.316 e. The number of para-hydroxylation sites is 1. The molecule has 15 nitrogen and oxygen atoms in total. The Kier molecular flexibility index (Phi) is 29.8. The predicted octanol–water partition coefficient (Wildman–Crippen LogP) is 2.79. The zero-order valence-electron chi connectivity index (χ0n) is 35.0. The number of anilines is 1. The summed E-state index contributed by atoms with van der Waals surface area (Å²) in [4.78, 5) is 37.6. The molecule has 0 aromatic heterocycles. The molecule has 0 heterocycles. The summed E-state index contributed by atoms with van der Waals surface area (Å²) in [5.41, 5.74) is 25.2. The van der Waals surface area contributed by atoms with Crippen molar-refractivity contribution in [2.24, 2.45) is 23.1 Å². The number of nitrogens with two attached hydrogens (primary N) is 4. The Balaban J connectivity index is 0. The number of hydrogen-bond acceptors (Lipinski definition) is 11. The minimum atomic E-state index is -0.723. The second-order valence-electron chi connectivity index (χ2n) is 14.3. The molecule has 0 spiro atoms. The van der Waals surface area contributed by atoms with Crippen molar-refractivity contribution < 1.29 is 24.2 Å². The molecular formula is C39H78N10O5. The molecule has 0 unspecified atom stereocenters. The van der Waals surface area contributed by atoms with E-state index < -0.39 is 5.66 Å². The number of nitrogens with one attached hydrogen (secondary N) is 5. The summed E-state index contributed by atoms with van der Waals surface area (Å²) in [6.07, 6.45) is 4.27. The third kappa shape index (κ3) is 28.8. The largest absolute Gasteiger partial charge is 0.399 e. The Morgan fingerprint density at radius 2 is 1.48 bits per heavy atom. The van der Waals surface area contributed by atoms with Crippen LogP contribution in [0, 0.1) is 5.92 Å². The van der Waals surface area contributed by atoms with Gasteiger partial charge in [0.15, 0.2) is 0 Å². The number of nitrogens with zero attached hydrogens (tertiary/aromatic N) is 1. The highest BCUT2D eigenvalue weighted by Gasteiger charge is 2.20. The van der Waals surface area contributed by atoms with Crippen LogP contribution in [0.25, 0.3) is 5.70 Å². The molecule has 0 saturated carbocycles. The number of benzene rings is 1. The van der Waals surface area contributed by atoms with Gasteiger partial charge in [-0.25, -0.2) is 4.79 Å². The lowest BCUT2D eigenvalue weighted by Crippen LogP contribution is -2.54. The van der Waals surface area contributed by atoms with E-state index in [4.69, 9.17) is 32.8 Å². The molecule has 1 rings (SSSR count). The lowest BCUT2D eigenvalue weighted by molar-refractivity contribution is -0.123. The first-order chi connectivity index (χ1) is 25.4. The monoisotopic (exact) mass is 767 g/mol. The topological polar surface area (TPSA) is 248 Å². The van der Waals surface area contributed by atoms with Gasteiger partial charge in [0.2, 0.25) is 11.8 Å². The zero-order chi connectivity index (χ0) is 41.6. The van der Waals surface area contributed by atoms with Crippen LogP contribution >= 0.6 is 0 Å². The maximum atomic E-state index is 12.3. The van der Waals surface area contributed by atoms with Crippen molar-refractivity contribution >= 4 is 29.2 Å². The molecule has 54 heavy (non-hydrogen) atoms. The van der Waals surface area contributed by atoms with Gasteiger partial charge >= 0.3 is 6.03 Å². The molecule has 0 aliphatic carbocycles. The lowest BCUT2D eigenvalue weighted by Gasteiger charge is -2.26. The molecule has 1 aromatic carbocycles. The molecule has 0 radical (unpaired) electrons. The van der Waals surface area contributed by atoms with Gasteiger partial charge in [0, 0.05) is 82.2 Å². The number of amides is 4. The summed E-state index contributed by atoms with van der Waals surface area (Å²) in [5.74, 6) is 0.675. The first-order valence-electron chi connectivity index (χ1n) is 19.6. The van der Waals surface area contributed by atoms with Crippen LogP contribution in [0.5, 0.6) is 0 Å². The van der Waals surface area contributed by atoms with E-state index in [0.717, 1.165) is 43.7 Å². The second-order valence-corrected chi connectivity index (χ2v) is 14.3. The van der Waals surface area contributed by atoms with Crippen LogP contribution in [0.1, 0.15) is 106 Å². The number of urea groups is 1. The molecule has 0 fully saturated rings. The number of rotatable bonds is 25. The number of likely N-dealkylation sites (N-methyl/N-ethyl adjacent to an activating group) is 1. The summed E-state index contributed by atoms with van der Waals surface area (Å²) in [6, 6.07) is 7.17. The van der Waals surface area contributed by atoms with Gasteiger partial charge in [-0.1, -0.05) is 52.8 Å². The predicted molar refractivity (Wildman–Crippen MR) is 223 cm³/mol. The van der Waals surface area contributed by atoms with E-state index in [1.165, 1.54) is 0 Å². The number of aliphatic hydroxyl groups excluding tert-OH is 1. The van der Waals surface area contributed by atoms with Crippen molar-refractivity contribution in [2.75, 3.05) is 71.3 Å². The Labute approximate surface area is 326 Å². The van der Waals surface area contributed by atoms with Gasteiger partial charge in [0.05, 0.1) is 23.6 Å². The Bertz CT molecular complexity index is 1190. The van der Waals surface area contributed by atoms with Gasteiger partial charge in [-0.3, -0.25) is 9.59 Å². The second kappa shape index (κ2) is 30.7. The average Bonchev–Trinajstić information content (AvgIpc) is 3.11. The van der Waals surface area contributed by atoms with Gasteiger partial charge in [-0.2, -0.15) is 0 Å².